The summed E-state index contributed by atoms with van der Waals surface area (Å²) in [6.45, 7) is 9.70. The number of aryl methyl sites for hydroxylation is 3. The van der Waals surface area contributed by atoms with Crippen molar-refractivity contribution in [1.29, 1.82) is 0 Å². The molecule has 0 saturated carbocycles. The first-order valence-corrected chi connectivity index (χ1v) is 12.1. The van der Waals surface area contributed by atoms with E-state index in [0.717, 1.165) is 26.7 Å². The van der Waals surface area contributed by atoms with Crippen LogP contribution in [0.3, 0.4) is 0 Å². The topological polar surface area (TPSA) is 80.9 Å². The average Bonchev–Trinajstić information content (AvgIpc) is 3.28. The predicted molar refractivity (Wildman–Crippen MR) is 130 cm³/mol. The number of carbonyl (C=O) groups is 1. The maximum Gasteiger partial charge on any atom is 0.355 e. The van der Waals surface area contributed by atoms with E-state index in [1.807, 2.05) is 26.0 Å². The molecule has 0 radical (unpaired) electrons. The van der Waals surface area contributed by atoms with Gasteiger partial charge >= 0.3 is 5.97 Å². The summed E-state index contributed by atoms with van der Waals surface area (Å²) >= 11 is 3.01. The largest absolute Gasteiger partial charge is 0.476 e. The van der Waals surface area contributed by atoms with Gasteiger partial charge in [-0.3, -0.25) is 4.98 Å². The summed E-state index contributed by atoms with van der Waals surface area (Å²) in [6, 6.07) is 9.87. The molecule has 3 aromatic heterocycles. The van der Waals surface area contributed by atoms with Crippen LogP contribution in [0, 0.1) is 26.6 Å². The summed E-state index contributed by atoms with van der Waals surface area (Å²) < 4.78 is 15.8. The van der Waals surface area contributed by atoms with Crippen molar-refractivity contribution in [3.63, 3.8) is 0 Å². The number of thioether (sulfide) groups is 1. The van der Waals surface area contributed by atoms with Gasteiger partial charge in [-0.05, 0) is 62.7 Å². The van der Waals surface area contributed by atoms with Gasteiger partial charge in [0.15, 0.2) is 5.69 Å². The van der Waals surface area contributed by atoms with Gasteiger partial charge in [-0.25, -0.2) is 14.2 Å². The Morgan fingerprint density at radius 2 is 1.70 bits per heavy atom. The molecule has 4 rings (SSSR count). The molecule has 9 heteroatoms. The quantitative estimate of drug-likeness (QED) is 0.324. The molecule has 170 valence electrons. The third-order valence-corrected chi connectivity index (χ3v) is 7.10. The van der Waals surface area contributed by atoms with Gasteiger partial charge in [0.2, 0.25) is 5.13 Å². The van der Waals surface area contributed by atoms with Gasteiger partial charge in [0.25, 0.3) is 0 Å². The summed E-state index contributed by atoms with van der Waals surface area (Å²) in [4.78, 5) is 21.6. The number of aromatic nitrogens is 4. The number of thiazole rings is 1. The Balaban J connectivity index is 1.92. The van der Waals surface area contributed by atoms with Crippen LogP contribution in [0.5, 0.6) is 0 Å². The minimum atomic E-state index is -1.09. The second-order valence-corrected chi connectivity index (χ2v) is 10.8. The highest BCUT2D eigenvalue weighted by Gasteiger charge is 2.27. The molecule has 0 aliphatic heterocycles. The minimum Gasteiger partial charge on any atom is -0.476 e. The molecule has 0 unspecified atom stereocenters. The summed E-state index contributed by atoms with van der Waals surface area (Å²) in [7, 11) is 0. The van der Waals surface area contributed by atoms with Crippen LogP contribution in [-0.4, -0.2) is 36.1 Å². The van der Waals surface area contributed by atoms with E-state index in [2.05, 4.69) is 23.9 Å². The van der Waals surface area contributed by atoms with Gasteiger partial charge in [0, 0.05) is 27.8 Å². The number of benzene rings is 1. The lowest BCUT2D eigenvalue weighted by Crippen LogP contribution is -2.09. The third-order valence-electron chi connectivity index (χ3n) is 4.86. The SMILES string of the molecule is Cc1cc(-c2c(C)nn(-c3nc(-c4ccc(F)cc4)c(SC(C)C)s3)c2C(=O)O)cc(C)n1. The number of aromatic carboxylic acids is 1. The highest BCUT2D eigenvalue weighted by Crippen LogP contribution is 2.41. The van der Waals surface area contributed by atoms with Crippen LogP contribution in [0.4, 0.5) is 4.39 Å². The number of hydrogen-bond acceptors (Lipinski definition) is 6. The molecule has 0 spiro atoms. The van der Waals surface area contributed by atoms with E-state index in [0.29, 0.717) is 22.1 Å². The highest BCUT2D eigenvalue weighted by molar-refractivity contribution is 8.01. The summed E-state index contributed by atoms with van der Waals surface area (Å²) in [5, 5.41) is 15.5. The van der Waals surface area contributed by atoms with Gasteiger partial charge in [-0.1, -0.05) is 25.2 Å². The molecule has 0 saturated heterocycles. The first-order valence-electron chi connectivity index (χ1n) is 10.4. The molecular weight excluding hydrogens is 459 g/mol. The standard InChI is InChI=1S/C24H23FN4O2S2/c1-12(2)32-23-20(16-6-8-18(25)9-7-16)27-24(33-23)29-21(22(30)31)19(15(5)28-29)17-10-13(3)26-14(4)11-17/h6-12H,1-5H3,(H,30,31). The van der Waals surface area contributed by atoms with Crippen molar-refractivity contribution >= 4 is 29.1 Å². The van der Waals surface area contributed by atoms with Gasteiger partial charge < -0.3 is 5.11 Å². The van der Waals surface area contributed by atoms with Crippen LogP contribution >= 0.6 is 23.1 Å². The number of carboxylic acids is 1. The summed E-state index contributed by atoms with van der Waals surface area (Å²) in [6.07, 6.45) is 0. The smallest absolute Gasteiger partial charge is 0.355 e. The van der Waals surface area contributed by atoms with Crippen LogP contribution in [0.25, 0.3) is 27.5 Å². The van der Waals surface area contributed by atoms with E-state index in [1.165, 1.54) is 28.2 Å². The monoisotopic (exact) mass is 482 g/mol. The number of hydrogen-bond donors (Lipinski definition) is 1. The predicted octanol–water partition coefficient (Wildman–Crippen LogP) is 6.32. The fraction of sp³-hybridized carbons (Fsp3) is 0.250. The van der Waals surface area contributed by atoms with E-state index in [4.69, 9.17) is 4.98 Å². The Morgan fingerprint density at radius 1 is 1.06 bits per heavy atom. The first kappa shape index (κ1) is 23.1. The molecule has 0 amide bonds. The second-order valence-electron chi connectivity index (χ2n) is 7.97. The fourth-order valence-electron chi connectivity index (χ4n) is 3.66. The second kappa shape index (κ2) is 9.07. The van der Waals surface area contributed by atoms with Crippen LogP contribution < -0.4 is 0 Å². The van der Waals surface area contributed by atoms with E-state index < -0.39 is 5.97 Å². The highest BCUT2D eigenvalue weighted by atomic mass is 32.2. The summed E-state index contributed by atoms with van der Waals surface area (Å²) in [5.41, 5.74) is 5.01. The number of halogens is 1. The molecule has 6 nitrogen and oxygen atoms in total. The average molecular weight is 483 g/mol. The maximum absolute atomic E-state index is 13.5. The Hall–Kier alpha value is -3.04. The van der Waals surface area contributed by atoms with Crippen molar-refractivity contribution < 1.29 is 14.3 Å². The minimum absolute atomic E-state index is 0.0537. The molecular formula is C24H23FN4O2S2. The Kier molecular flexibility index (Phi) is 6.36. The molecule has 0 bridgehead atoms. The van der Waals surface area contributed by atoms with E-state index in [1.54, 1.807) is 30.8 Å². The zero-order valence-electron chi connectivity index (χ0n) is 18.9. The summed E-state index contributed by atoms with van der Waals surface area (Å²) in [5.74, 6) is -1.41. The van der Waals surface area contributed by atoms with E-state index in [9.17, 15) is 14.3 Å². The molecule has 33 heavy (non-hydrogen) atoms. The van der Waals surface area contributed by atoms with Gasteiger partial charge in [0.05, 0.1) is 15.6 Å². The van der Waals surface area contributed by atoms with Crippen molar-refractivity contribution in [3.05, 3.63) is 65.0 Å². The van der Waals surface area contributed by atoms with Gasteiger partial charge in [-0.2, -0.15) is 9.78 Å². The van der Waals surface area contributed by atoms with E-state index in [-0.39, 0.29) is 16.8 Å². The zero-order valence-corrected chi connectivity index (χ0v) is 20.5. The Morgan fingerprint density at radius 3 is 2.27 bits per heavy atom. The third kappa shape index (κ3) is 4.69. The first-order chi connectivity index (χ1) is 15.6. The molecule has 0 atom stereocenters. The number of rotatable bonds is 6. The molecule has 3 heterocycles. The van der Waals surface area contributed by atoms with Crippen LogP contribution in [0.1, 0.15) is 41.4 Å². The molecule has 0 aliphatic rings. The molecule has 0 fully saturated rings. The van der Waals surface area contributed by atoms with Crippen LogP contribution in [0.15, 0.2) is 40.6 Å². The Labute approximate surface area is 199 Å². The van der Waals surface area contributed by atoms with Crippen molar-refractivity contribution in [3.8, 4) is 27.5 Å². The molecule has 4 aromatic rings. The fourth-order valence-corrected chi connectivity index (χ4v) is 6.14. The number of nitrogens with zero attached hydrogens (tertiary/aromatic N) is 4. The van der Waals surface area contributed by atoms with Crippen molar-refractivity contribution in [2.75, 3.05) is 0 Å². The Bertz CT molecular complexity index is 1320. The van der Waals surface area contributed by atoms with E-state index >= 15 is 0 Å². The number of pyridine rings is 1. The van der Waals surface area contributed by atoms with Crippen molar-refractivity contribution in [2.45, 2.75) is 44.1 Å². The molecule has 1 aromatic carbocycles. The lowest BCUT2D eigenvalue weighted by atomic mass is 10.0. The van der Waals surface area contributed by atoms with Crippen molar-refractivity contribution in [2.24, 2.45) is 0 Å². The normalized spacial score (nSPS) is 11.4. The van der Waals surface area contributed by atoms with Crippen LogP contribution in [-0.2, 0) is 0 Å². The zero-order chi connectivity index (χ0) is 23.9. The molecule has 0 aliphatic carbocycles. The number of carboxylic acid groups (broad SMARTS) is 1. The lowest BCUT2D eigenvalue weighted by Gasteiger charge is -2.06. The lowest BCUT2D eigenvalue weighted by molar-refractivity contribution is 0.0688. The van der Waals surface area contributed by atoms with Crippen molar-refractivity contribution in [1.82, 2.24) is 19.7 Å². The molecule has 1 N–H and O–H groups in total. The van der Waals surface area contributed by atoms with Gasteiger partial charge in [-0.15, -0.1) is 11.8 Å². The maximum atomic E-state index is 13.5. The van der Waals surface area contributed by atoms with Gasteiger partial charge in [0.1, 0.15) is 5.82 Å². The van der Waals surface area contributed by atoms with Crippen LogP contribution in [0.2, 0.25) is 0 Å².